The molecule has 3 rings (SSSR count). The molecule has 0 radical (unpaired) electrons. The largest absolute Gasteiger partial charge is 0.493 e. The maximum absolute atomic E-state index is 11.8. The molecule has 1 aliphatic rings. The lowest BCUT2D eigenvalue weighted by atomic mass is 9.93. The summed E-state index contributed by atoms with van der Waals surface area (Å²) in [6.07, 6.45) is 6.72. The molecule has 1 aliphatic heterocycles. The number of benzene rings is 2. The molecule has 0 aromatic heterocycles. The van der Waals surface area contributed by atoms with E-state index in [9.17, 15) is 4.79 Å². The van der Waals surface area contributed by atoms with Gasteiger partial charge >= 0.3 is 5.97 Å². The quantitative estimate of drug-likeness (QED) is 0.309. The van der Waals surface area contributed by atoms with Crippen LogP contribution in [-0.4, -0.2) is 37.7 Å². The fraction of sp³-hybridized carbons (Fsp3) is 0.519. The summed E-state index contributed by atoms with van der Waals surface area (Å²) in [6, 6.07) is 14.5. The Balaban J connectivity index is 1.24. The summed E-state index contributed by atoms with van der Waals surface area (Å²) in [5.41, 5.74) is 5.98. The number of ether oxygens (including phenoxy) is 2. The van der Waals surface area contributed by atoms with Gasteiger partial charge in [0.1, 0.15) is 0 Å². The predicted octanol–water partition coefficient (Wildman–Crippen LogP) is 4.97. The summed E-state index contributed by atoms with van der Waals surface area (Å²) in [5, 5.41) is 0. The van der Waals surface area contributed by atoms with E-state index in [1.807, 2.05) is 30.3 Å². The number of nitrogens with zero attached hydrogens (tertiary/aromatic N) is 1. The van der Waals surface area contributed by atoms with E-state index in [0.717, 1.165) is 68.7 Å². The van der Waals surface area contributed by atoms with Gasteiger partial charge in [0.05, 0.1) is 20.8 Å². The zero-order valence-corrected chi connectivity index (χ0v) is 20.7. The predicted molar refractivity (Wildman–Crippen MR) is 131 cm³/mol. The zero-order valence-electron chi connectivity index (χ0n) is 20.7. The topological polar surface area (TPSA) is 69.3 Å². The van der Waals surface area contributed by atoms with Crippen LogP contribution in [0, 0.1) is 0 Å². The van der Waals surface area contributed by atoms with Crippen molar-refractivity contribution in [3.8, 4) is 11.5 Å². The van der Waals surface area contributed by atoms with Gasteiger partial charge in [0.2, 0.25) is 0 Å². The fourth-order valence-electron chi connectivity index (χ4n) is 4.35. The molecule has 0 saturated heterocycles. The summed E-state index contributed by atoms with van der Waals surface area (Å²) < 4.78 is 10.9. The number of fused-ring (bicyclic) bond motifs is 1. The minimum absolute atomic E-state index is 0.291. The molecule has 1 atom stereocenters. The van der Waals surface area contributed by atoms with E-state index in [-0.39, 0.29) is 5.97 Å². The number of methoxy groups -OCH3 is 2. The van der Waals surface area contributed by atoms with Crippen molar-refractivity contribution in [3.63, 3.8) is 0 Å². The number of nitrogens with one attached hydrogen (secondary N) is 1. The molecule has 0 aliphatic carbocycles. The molecule has 1 unspecified atom stereocenters. The normalized spacial score (nSPS) is 15.6. The number of hydrogen-bond donors (Lipinski definition) is 1. The van der Waals surface area contributed by atoms with E-state index in [1.165, 1.54) is 11.1 Å². The second kappa shape index (κ2) is 13.9. The molecule has 2 aromatic carbocycles. The average Bonchev–Trinajstić information content (AvgIpc) is 2.86. The van der Waals surface area contributed by atoms with Crippen LogP contribution < -0.4 is 15.1 Å². The fourth-order valence-corrected chi connectivity index (χ4v) is 4.35. The van der Waals surface area contributed by atoms with Crippen LogP contribution in [0.15, 0.2) is 42.5 Å². The summed E-state index contributed by atoms with van der Waals surface area (Å²) >= 11 is 0. The monoisotopic (exact) mass is 470 g/mol. The average molecular weight is 471 g/mol. The van der Waals surface area contributed by atoms with E-state index < -0.39 is 0 Å². The van der Waals surface area contributed by atoms with Gasteiger partial charge in [-0.1, -0.05) is 49.6 Å². The number of rotatable bonds is 14. The molecule has 186 valence electrons. The van der Waals surface area contributed by atoms with E-state index >= 15 is 0 Å². The Morgan fingerprint density at radius 1 is 0.971 bits per heavy atom. The highest BCUT2D eigenvalue weighted by atomic mass is 16.9. The number of carbonyl (C=O) groups excluding carboxylic acids is 1. The Hall–Kier alpha value is -2.61. The van der Waals surface area contributed by atoms with E-state index in [0.29, 0.717) is 19.1 Å². The summed E-state index contributed by atoms with van der Waals surface area (Å²) in [7, 11) is 3.37. The van der Waals surface area contributed by atoms with Crippen molar-refractivity contribution >= 4 is 5.97 Å². The third-order valence-corrected chi connectivity index (χ3v) is 6.34. The molecule has 2 aromatic rings. The third kappa shape index (κ3) is 8.01. The van der Waals surface area contributed by atoms with Gasteiger partial charge in [0.25, 0.3) is 0 Å². The maximum atomic E-state index is 11.8. The van der Waals surface area contributed by atoms with Crippen molar-refractivity contribution in [2.75, 3.05) is 20.8 Å². The lowest BCUT2D eigenvalue weighted by Crippen LogP contribution is -2.38. The smallest absolute Gasteiger partial charge is 0.327 e. The highest BCUT2D eigenvalue weighted by molar-refractivity contribution is 5.68. The Kier molecular flexibility index (Phi) is 10.7. The highest BCUT2D eigenvalue weighted by Gasteiger charge is 2.24. The number of carbonyl (C=O) groups is 1. The first-order chi connectivity index (χ1) is 16.6. The van der Waals surface area contributed by atoms with Crippen molar-refractivity contribution < 1.29 is 23.9 Å². The molecule has 7 heteroatoms. The van der Waals surface area contributed by atoms with Gasteiger partial charge in [-0.25, -0.2) is 0 Å². The van der Waals surface area contributed by atoms with Gasteiger partial charge in [-0.05, 0) is 67.2 Å². The summed E-state index contributed by atoms with van der Waals surface area (Å²) in [5.74, 6) is 1.31. The van der Waals surface area contributed by atoms with Crippen molar-refractivity contribution in [2.24, 2.45) is 0 Å². The first-order valence-electron chi connectivity index (χ1n) is 12.2. The van der Waals surface area contributed by atoms with Crippen molar-refractivity contribution in [2.45, 2.75) is 71.1 Å². The second-order valence-corrected chi connectivity index (χ2v) is 8.85. The first kappa shape index (κ1) is 26.0. The number of hydrogen-bond acceptors (Lipinski definition) is 7. The third-order valence-electron chi connectivity index (χ3n) is 6.34. The molecule has 34 heavy (non-hydrogen) atoms. The highest BCUT2D eigenvalue weighted by Crippen LogP contribution is 2.34. The van der Waals surface area contributed by atoms with Crippen LogP contribution in [0.25, 0.3) is 0 Å². The Morgan fingerprint density at radius 3 is 2.38 bits per heavy atom. The molecular formula is C27H38N2O5. The van der Waals surface area contributed by atoms with E-state index in [2.05, 4.69) is 29.6 Å². The molecule has 0 amide bonds. The van der Waals surface area contributed by atoms with Crippen LogP contribution >= 0.6 is 0 Å². The lowest BCUT2D eigenvalue weighted by Gasteiger charge is -2.35. The number of unbranched alkanes of at least 4 members (excludes halogenated alkanes) is 4. The Morgan fingerprint density at radius 2 is 1.65 bits per heavy atom. The molecule has 7 nitrogen and oxygen atoms in total. The molecule has 0 bridgehead atoms. The Labute approximate surface area is 203 Å². The zero-order chi connectivity index (χ0) is 24.2. The Bertz CT molecular complexity index is 890. The molecule has 0 spiro atoms. The standard InChI is InChI=1S/C27H38N2O5/c1-21-16-23-17-25(31-2)26(32-3)18-24(23)19-29(21)15-11-6-4-5-10-14-27(30)34-28-33-20-22-12-8-7-9-13-22/h7-9,12-13,17-18,21,28H,4-6,10-11,14-16,19-20H2,1-3H3. The van der Waals surface area contributed by atoms with Crippen molar-refractivity contribution in [3.05, 3.63) is 59.2 Å². The summed E-state index contributed by atoms with van der Waals surface area (Å²) in [6.45, 7) is 4.67. The second-order valence-electron chi connectivity index (χ2n) is 8.85. The SMILES string of the molecule is COc1cc2c(cc1OC)CN(CCCCCCCC(=O)ONOCc1ccccc1)C(C)C2. The van der Waals surface area contributed by atoms with Crippen molar-refractivity contribution in [1.29, 1.82) is 0 Å². The molecule has 1 heterocycles. The van der Waals surface area contributed by atoms with Crippen LogP contribution in [0.5, 0.6) is 11.5 Å². The summed E-state index contributed by atoms with van der Waals surface area (Å²) in [4.78, 5) is 24.4. The molecule has 1 N–H and O–H groups in total. The van der Waals surface area contributed by atoms with Crippen LogP contribution in [0.4, 0.5) is 0 Å². The minimum Gasteiger partial charge on any atom is -0.493 e. The van der Waals surface area contributed by atoms with E-state index in [4.69, 9.17) is 19.1 Å². The minimum atomic E-state index is -0.291. The van der Waals surface area contributed by atoms with Gasteiger partial charge in [-0.3, -0.25) is 14.5 Å². The molecule has 0 saturated carbocycles. The van der Waals surface area contributed by atoms with Gasteiger partial charge in [0.15, 0.2) is 11.5 Å². The van der Waals surface area contributed by atoms with Crippen LogP contribution in [0.2, 0.25) is 0 Å². The van der Waals surface area contributed by atoms with Crippen LogP contribution in [-0.2, 0) is 34.0 Å². The van der Waals surface area contributed by atoms with Gasteiger partial charge in [-0.2, -0.15) is 0 Å². The lowest BCUT2D eigenvalue weighted by molar-refractivity contribution is -0.195. The van der Waals surface area contributed by atoms with Crippen molar-refractivity contribution in [1.82, 2.24) is 10.5 Å². The van der Waals surface area contributed by atoms with Gasteiger partial charge in [-0.15, -0.1) is 0 Å². The first-order valence-corrected chi connectivity index (χ1v) is 12.2. The van der Waals surface area contributed by atoms with Crippen LogP contribution in [0.3, 0.4) is 0 Å². The van der Waals surface area contributed by atoms with E-state index in [1.54, 1.807) is 14.2 Å². The van der Waals surface area contributed by atoms with Crippen LogP contribution in [0.1, 0.15) is 62.1 Å². The molecule has 0 fully saturated rings. The molecular weight excluding hydrogens is 432 g/mol. The maximum Gasteiger partial charge on any atom is 0.327 e. The van der Waals surface area contributed by atoms with Gasteiger partial charge in [0, 0.05) is 19.0 Å². The van der Waals surface area contributed by atoms with Gasteiger partial charge < -0.3 is 14.3 Å².